The molecule has 2 nitrogen and oxygen atoms in total. The molecular weight excluding hydrogens is 288 g/mol. The SMILES string of the molecule is CN1CCCCC(N2C=CC3=CC=C(c4ccsc4)CC32)C1. The molecule has 22 heavy (non-hydrogen) atoms. The summed E-state index contributed by atoms with van der Waals surface area (Å²) in [6.45, 7) is 2.45. The van der Waals surface area contributed by atoms with Crippen molar-refractivity contribution in [3.63, 3.8) is 0 Å². The number of hydrogen-bond donors (Lipinski definition) is 0. The summed E-state index contributed by atoms with van der Waals surface area (Å²) in [6.07, 6.45) is 14.5. The summed E-state index contributed by atoms with van der Waals surface area (Å²) >= 11 is 1.79. The number of allylic oxidation sites excluding steroid dienone is 2. The van der Waals surface area contributed by atoms with E-state index in [0.29, 0.717) is 12.1 Å². The smallest absolute Gasteiger partial charge is 0.0581 e. The fraction of sp³-hybridized carbons (Fsp3) is 0.474. The second-order valence-corrected chi connectivity index (χ2v) is 7.55. The summed E-state index contributed by atoms with van der Waals surface area (Å²) in [7, 11) is 2.27. The van der Waals surface area contributed by atoms with E-state index in [1.54, 1.807) is 11.3 Å². The summed E-state index contributed by atoms with van der Waals surface area (Å²) in [4.78, 5) is 5.15. The van der Waals surface area contributed by atoms with Crippen LogP contribution in [0.1, 0.15) is 31.2 Å². The molecule has 1 aromatic rings. The number of likely N-dealkylation sites (N-methyl/N-ethyl adjacent to an activating group) is 1. The molecule has 0 N–H and O–H groups in total. The van der Waals surface area contributed by atoms with Crippen molar-refractivity contribution in [2.75, 3.05) is 20.1 Å². The first-order valence-electron chi connectivity index (χ1n) is 8.39. The number of nitrogens with zero attached hydrogens (tertiary/aromatic N) is 2. The summed E-state index contributed by atoms with van der Waals surface area (Å²) in [6, 6.07) is 3.47. The Balaban J connectivity index is 1.54. The van der Waals surface area contributed by atoms with Crippen LogP contribution in [0.3, 0.4) is 0 Å². The summed E-state index contributed by atoms with van der Waals surface area (Å²) in [5, 5.41) is 4.46. The Bertz CT molecular complexity index is 611. The Labute approximate surface area is 137 Å². The lowest BCUT2D eigenvalue weighted by atomic mass is 9.90. The van der Waals surface area contributed by atoms with Crippen LogP contribution in [0, 0.1) is 0 Å². The fourth-order valence-corrected chi connectivity index (χ4v) is 4.69. The van der Waals surface area contributed by atoms with Gasteiger partial charge in [-0.15, -0.1) is 0 Å². The van der Waals surface area contributed by atoms with Gasteiger partial charge in [-0.1, -0.05) is 18.6 Å². The number of rotatable bonds is 2. The maximum absolute atomic E-state index is 2.65. The van der Waals surface area contributed by atoms with E-state index in [9.17, 15) is 0 Å². The minimum atomic E-state index is 0.552. The van der Waals surface area contributed by atoms with Crippen LogP contribution >= 0.6 is 11.3 Å². The predicted molar refractivity (Wildman–Crippen MR) is 94.9 cm³/mol. The van der Waals surface area contributed by atoms with Gasteiger partial charge >= 0.3 is 0 Å². The summed E-state index contributed by atoms with van der Waals surface area (Å²) in [5.74, 6) is 0. The molecule has 0 bridgehead atoms. The molecule has 0 radical (unpaired) electrons. The molecule has 4 rings (SSSR count). The first-order valence-corrected chi connectivity index (χ1v) is 9.33. The van der Waals surface area contributed by atoms with E-state index in [2.05, 4.69) is 58.1 Å². The van der Waals surface area contributed by atoms with Gasteiger partial charge in [0.25, 0.3) is 0 Å². The van der Waals surface area contributed by atoms with Crippen molar-refractivity contribution in [2.45, 2.75) is 37.8 Å². The molecule has 3 heterocycles. The number of likely N-dealkylation sites (tertiary alicyclic amines) is 1. The Morgan fingerprint density at radius 2 is 2.18 bits per heavy atom. The van der Waals surface area contributed by atoms with Gasteiger partial charge in [0.2, 0.25) is 0 Å². The van der Waals surface area contributed by atoms with E-state index in [1.165, 1.54) is 49.1 Å². The first kappa shape index (κ1) is 14.3. The molecule has 0 saturated carbocycles. The monoisotopic (exact) mass is 312 g/mol. The molecular formula is C19H24N2S. The van der Waals surface area contributed by atoms with Crippen molar-refractivity contribution >= 4 is 16.9 Å². The molecule has 1 fully saturated rings. The average molecular weight is 312 g/mol. The minimum Gasteiger partial charge on any atom is -0.366 e. The largest absolute Gasteiger partial charge is 0.366 e. The number of fused-ring (bicyclic) bond motifs is 1. The fourth-order valence-electron chi connectivity index (χ4n) is 4.01. The maximum atomic E-state index is 2.65. The first-order chi connectivity index (χ1) is 10.8. The van der Waals surface area contributed by atoms with Gasteiger partial charge in [-0.2, -0.15) is 11.3 Å². The molecule has 2 atom stereocenters. The predicted octanol–water partition coefficient (Wildman–Crippen LogP) is 4.14. The van der Waals surface area contributed by atoms with Gasteiger partial charge in [0.1, 0.15) is 0 Å². The maximum Gasteiger partial charge on any atom is 0.0581 e. The van der Waals surface area contributed by atoms with Crippen molar-refractivity contribution < 1.29 is 0 Å². The quantitative estimate of drug-likeness (QED) is 0.809. The van der Waals surface area contributed by atoms with Crippen molar-refractivity contribution in [1.29, 1.82) is 0 Å². The average Bonchev–Trinajstić information content (AvgIpc) is 3.15. The van der Waals surface area contributed by atoms with Crippen LogP contribution in [0.15, 0.2) is 46.8 Å². The molecule has 0 spiro atoms. The lowest BCUT2D eigenvalue weighted by molar-refractivity contribution is 0.190. The van der Waals surface area contributed by atoms with Crippen LogP contribution in [0.25, 0.3) is 5.57 Å². The highest BCUT2D eigenvalue weighted by molar-refractivity contribution is 7.08. The second kappa shape index (κ2) is 6.05. The summed E-state index contributed by atoms with van der Waals surface area (Å²) < 4.78 is 0. The highest BCUT2D eigenvalue weighted by atomic mass is 32.1. The van der Waals surface area contributed by atoms with Gasteiger partial charge in [0, 0.05) is 18.8 Å². The van der Waals surface area contributed by atoms with Crippen molar-refractivity contribution in [1.82, 2.24) is 9.80 Å². The zero-order valence-electron chi connectivity index (χ0n) is 13.2. The Hall–Kier alpha value is -1.32. The van der Waals surface area contributed by atoms with E-state index in [4.69, 9.17) is 0 Å². The molecule has 1 saturated heterocycles. The van der Waals surface area contributed by atoms with Gasteiger partial charge in [-0.25, -0.2) is 0 Å². The molecule has 1 aromatic heterocycles. The van der Waals surface area contributed by atoms with Crippen molar-refractivity contribution in [2.24, 2.45) is 0 Å². The highest BCUT2D eigenvalue weighted by Gasteiger charge is 2.32. The van der Waals surface area contributed by atoms with E-state index in [-0.39, 0.29) is 0 Å². The second-order valence-electron chi connectivity index (χ2n) is 6.77. The molecule has 3 aliphatic rings. The van der Waals surface area contributed by atoms with Crippen molar-refractivity contribution in [3.05, 3.63) is 52.4 Å². The van der Waals surface area contributed by atoms with Gasteiger partial charge in [-0.05, 0) is 72.5 Å². The van der Waals surface area contributed by atoms with E-state index < -0.39 is 0 Å². The third-order valence-electron chi connectivity index (χ3n) is 5.24. The molecule has 2 aliphatic heterocycles. The molecule has 1 aliphatic carbocycles. The van der Waals surface area contributed by atoms with Crippen LogP contribution in [-0.4, -0.2) is 42.0 Å². The molecule has 0 amide bonds. The highest BCUT2D eigenvalue weighted by Crippen LogP contribution is 2.36. The minimum absolute atomic E-state index is 0.552. The molecule has 2 unspecified atom stereocenters. The number of thiophene rings is 1. The molecule has 0 aromatic carbocycles. The van der Waals surface area contributed by atoms with Crippen LogP contribution in [0.5, 0.6) is 0 Å². The Kier molecular flexibility index (Phi) is 3.93. The van der Waals surface area contributed by atoms with E-state index in [1.807, 2.05) is 0 Å². The number of hydrogen-bond acceptors (Lipinski definition) is 3. The van der Waals surface area contributed by atoms with Crippen LogP contribution < -0.4 is 0 Å². The van der Waals surface area contributed by atoms with Gasteiger partial charge in [-0.3, -0.25) is 0 Å². The Morgan fingerprint density at radius 1 is 1.23 bits per heavy atom. The van der Waals surface area contributed by atoms with Crippen molar-refractivity contribution in [3.8, 4) is 0 Å². The Morgan fingerprint density at radius 3 is 3.05 bits per heavy atom. The normalized spacial score (nSPS) is 29.0. The van der Waals surface area contributed by atoms with Gasteiger partial charge < -0.3 is 9.80 Å². The van der Waals surface area contributed by atoms with Crippen LogP contribution in [-0.2, 0) is 0 Å². The summed E-state index contributed by atoms with van der Waals surface area (Å²) in [5.41, 5.74) is 4.39. The third-order valence-corrected chi connectivity index (χ3v) is 5.92. The third kappa shape index (κ3) is 2.68. The lowest BCUT2D eigenvalue weighted by Gasteiger charge is -2.37. The molecule has 116 valence electrons. The van der Waals surface area contributed by atoms with Gasteiger partial charge in [0.15, 0.2) is 0 Å². The van der Waals surface area contributed by atoms with Crippen LogP contribution in [0.2, 0.25) is 0 Å². The standard InChI is InChI=1S/C19H24N2S/c1-20-9-3-2-4-18(13-20)21-10-7-15-5-6-16(12-19(15)21)17-8-11-22-14-17/h5-8,10-11,14,18-19H,2-4,9,12-13H2,1H3. The molecule has 3 heteroatoms. The topological polar surface area (TPSA) is 6.48 Å². The zero-order chi connectivity index (χ0) is 14.9. The van der Waals surface area contributed by atoms with E-state index in [0.717, 1.165) is 6.42 Å². The van der Waals surface area contributed by atoms with Crippen LogP contribution in [0.4, 0.5) is 0 Å². The lowest BCUT2D eigenvalue weighted by Crippen LogP contribution is -2.43. The van der Waals surface area contributed by atoms with E-state index >= 15 is 0 Å². The van der Waals surface area contributed by atoms with Gasteiger partial charge in [0.05, 0.1) is 6.04 Å². The zero-order valence-corrected chi connectivity index (χ0v) is 14.1.